The van der Waals surface area contributed by atoms with E-state index >= 15 is 0 Å². The van der Waals surface area contributed by atoms with E-state index in [1.807, 2.05) is 30.3 Å². The molecule has 0 bridgehead atoms. The fourth-order valence-corrected chi connectivity index (χ4v) is 5.03. The Morgan fingerprint density at radius 2 is 1.71 bits per heavy atom. The largest absolute Gasteiger partial charge is 0.338 e. The topological polar surface area (TPSA) is 36.9 Å². The second-order valence-electron chi connectivity index (χ2n) is 9.38. The van der Waals surface area contributed by atoms with E-state index in [2.05, 4.69) is 62.3 Å². The first-order valence-electron chi connectivity index (χ1n) is 12.7. The lowest BCUT2D eigenvalue weighted by molar-refractivity contribution is 0.281. The maximum absolute atomic E-state index is 7.31. The van der Waals surface area contributed by atoms with Gasteiger partial charge in [-0.1, -0.05) is 78.7 Å². The highest BCUT2D eigenvalue weighted by molar-refractivity contribution is 5.85. The van der Waals surface area contributed by atoms with Crippen molar-refractivity contribution in [3.05, 3.63) is 89.8 Å². The normalized spacial score (nSPS) is 14.5. The van der Waals surface area contributed by atoms with Crippen LogP contribution < -0.4 is 4.90 Å². The number of nitrogens with zero attached hydrogens (tertiary/aromatic N) is 4. The first-order chi connectivity index (χ1) is 17.3. The molecule has 1 aliphatic rings. The predicted molar refractivity (Wildman–Crippen MR) is 143 cm³/mol. The zero-order valence-corrected chi connectivity index (χ0v) is 20.2. The summed E-state index contributed by atoms with van der Waals surface area (Å²) in [6.07, 6.45) is 6.43. The smallest absolute Gasteiger partial charge is 0.228 e. The number of rotatable bonds is 8. The number of fused-ring (bicyclic) bond motifs is 1. The van der Waals surface area contributed by atoms with Gasteiger partial charge in [0.1, 0.15) is 5.69 Å². The van der Waals surface area contributed by atoms with E-state index in [9.17, 15) is 0 Å². The lowest BCUT2D eigenvalue weighted by Gasteiger charge is -2.25. The van der Waals surface area contributed by atoms with E-state index in [-0.39, 0.29) is 0 Å². The third kappa shape index (κ3) is 5.72. The molecule has 3 aromatic carbocycles. The molecule has 0 unspecified atom stereocenters. The van der Waals surface area contributed by atoms with Gasteiger partial charge in [-0.3, -0.25) is 0 Å². The van der Waals surface area contributed by atoms with Crippen molar-refractivity contribution in [3.63, 3.8) is 0 Å². The Morgan fingerprint density at radius 3 is 2.57 bits per heavy atom. The molecule has 1 aromatic heterocycles. The Labute approximate surface area is 207 Å². The quantitative estimate of drug-likeness (QED) is 0.256. The molecule has 0 radical (unpaired) electrons. The second-order valence-corrected chi connectivity index (χ2v) is 9.38. The van der Waals surface area contributed by atoms with Crippen LogP contribution in [0.2, 0.25) is 0 Å². The minimum absolute atomic E-state index is 0.608. The monoisotopic (exact) mass is 464 g/mol. The van der Waals surface area contributed by atoms with Gasteiger partial charge in [-0.15, -0.1) is 0 Å². The van der Waals surface area contributed by atoms with Gasteiger partial charge in [-0.25, -0.2) is 4.85 Å². The molecule has 178 valence electrons. The van der Waals surface area contributed by atoms with Crippen molar-refractivity contribution in [2.75, 3.05) is 31.1 Å². The van der Waals surface area contributed by atoms with E-state index in [1.54, 1.807) is 0 Å². The Bertz CT molecular complexity index is 1290. The minimum atomic E-state index is 0.608. The van der Waals surface area contributed by atoms with Gasteiger partial charge in [0.15, 0.2) is 5.69 Å². The van der Waals surface area contributed by atoms with Gasteiger partial charge < -0.3 is 14.3 Å². The Kier molecular flexibility index (Phi) is 7.41. The van der Waals surface area contributed by atoms with Gasteiger partial charge in [0, 0.05) is 19.2 Å². The van der Waals surface area contributed by atoms with E-state index < -0.39 is 0 Å². The Hall–Kier alpha value is -3.62. The minimum Gasteiger partial charge on any atom is -0.338 e. The van der Waals surface area contributed by atoms with Crippen LogP contribution in [0.3, 0.4) is 0 Å². The summed E-state index contributed by atoms with van der Waals surface area (Å²) in [4.78, 5) is 8.48. The molecule has 1 saturated heterocycles. The van der Waals surface area contributed by atoms with Crippen LogP contribution in [0.4, 0.5) is 11.6 Å². The summed E-state index contributed by atoms with van der Waals surface area (Å²) in [6.45, 7) is 12.5. The van der Waals surface area contributed by atoms with Crippen LogP contribution in [0, 0.1) is 6.57 Å². The number of anilines is 1. The summed E-state index contributed by atoms with van der Waals surface area (Å²) in [5.41, 5.74) is 3.56. The van der Waals surface area contributed by atoms with Gasteiger partial charge in [0.05, 0.1) is 6.57 Å². The zero-order valence-electron chi connectivity index (χ0n) is 20.2. The molecular formula is C30H32N4O. The molecule has 0 amide bonds. The van der Waals surface area contributed by atoms with Crippen LogP contribution in [0.5, 0.6) is 0 Å². The average molecular weight is 465 g/mol. The molecule has 35 heavy (non-hydrogen) atoms. The molecule has 1 aliphatic heterocycles. The van der Waals surface area contributed by atoms with Crippen molar-refractivity contribution in [2.45, 2.75) is 38.6 Å². The number of benzene rings is 3. The van der Waals surface area contributed by atoms with Crippen LogP contribution in [0.25, 0.3) is 26.9 Å². The Morgan fingerprint density at radius 1 is 0.914 bits per heavy atom. The third-order valence-corrected chi connectivity index (χ3v) is 6.92. The summed E-state index contributed by atoms with van der Waals surface area (Å²) in [5, 5.41) is 6.90. The molecular weight excluding hydrogens is 432 g/mol. The SMILES string of the molecule is [C-]#[N+]c1cccc(-c2cc(N(CCCN3CCCCCC3)Cc3cccc4ccccc34)on2)c1. The molecule has 0 spiro atoms. The summed E-state index contributed by atoms with van der Waals surface area (Å²) in [6, 6.07) is 24.6. The van der Waals surface area contributed by atoms with Gasteiger partial charge in [0.25, 0.3) is 0 Å². The van der Waals surface area contributed by atoms with Gasteiger partial charge in [-0.2, -0.15) is 0 Å². The summed E-state index contributed by atoms with van der Waals surface area (Å²) < 4.78 is 5.89. The highest BCUT2D eigenvalue weighted by atomic mass is 16.5. The fraction of sp³-hybridized carbons (Fsp3) is 0.333. The van der Waals surface area contributed by atoms with Crippen molar-refractivity contribution in [1.82, 2.24) is 10.1 Å². The van der Waals surface area contributed by atoms with Gasteiger partial charge in [-0.05, 0) is 66.9 Å². The van der Waals surface area contributed by atoms with Crippen molar-refractivity contribution >= 4 is 22.3 Å². The van der Waals surface area contributed by atoms with Crippen LogP contribution in [0.1, 0.15) is 37.7 Å². The van der Waals surface area contributed by atoms with Gasteiger partial charge >= 0.3 is 0 Å². The van der Waals surface area contributed by atoms with Crippen molar-refractivity contribution in [2.24, 2.45) is 0 Å². The molecule has 1 fully saturated rings. The summed E-state index contributed by atoms with van der Waals surface area (Å²) in [5.74, 6) is 0.775. The molecule has 0 aliphatic carbocycles. The maximum atomic E-state index is 7.31. The van der Waals surface area contributed by atoms with E-state index in [0.717, 1.165) is 43.2 Å². The van der Waals surface area contributed by atoms with Crippen molar-refractivity contribution in [3.8, 4) is 11.3 Å². The van der Waals surface area contributed by atoms with Gasteiger partial charge in [0.2, 0.25) is 5.88 Å². The van der Waals surface area contributed by atoms with Crippen LogP contribution in [0.15, 0.2) is 77.3 Å². The van der Waals surface area contributed by atoms with Crippen LogP contribution in [-0.2, 0) is 6.54 Å². The van der Waals surface area contributed by atoms with E-state index in [0.29, 0.717) is 5.69 Å². The van der Waals surface area contributed by atoms with Crippen LogP contribution in [-0.4, -0.2) is 36.2 Å². The molecule has 5 rings (SSSR count). The Balaban J connectivity index is 1.38. The third-order valence-electron chi connectivity index (χ3n) is 6.92. The molecule has 0 N–H and O–H groups in total. The van der Waals surface area contributed by atoms with E-state index in [4.69, 9.17) is 11.1 Å². The maximum Gasteiger partial charge on any atom is 0.228 e. The fourth-order valence-electron chi connectivity index (χ4n) is 5.03. The molecule has 0 atom stereocenters. The molecule has 5 nitrogen and oxygen atoms in total. The molecule has 2 heterocycles. The number of likely N-dealkylation sites (tertiary alicyclic amines) is 1. The summed E-state index contributed by atoms with van der Waals surface area (Å²) >= 11 is 0. The summed E-state index contributed by atoms with van der Waals surface area (Å²) in [7, 11) is 0. The second kappa shape index (κ2) is 11.2. The molecule has 4 aromatic rings. The molecule has 5 heteroatoms. The highest BCUT2D eigenvalue weighted by Crippen LogP contribution is 2.29. The van der Waals surface area contributed by atoms with Crippen molar-refractivity contribution < 1.29 is 4.52 Å². The lowest BCUT2D eigenvalue weighted by atomic mass is 10.0. The average Bonchev–Trinajstić information content (AvgIpc) is 3.26. The number of hydrogen-bond acceptors (Lipinski definition) is 4. The molecule has 0 saturated carbocycles. The number of hydrogen-bond donors (Lipinski definition) is 0. The lowest BCUT2D eigenvalue weighted by Crippen LogP contribution is -2.30. The van der Waals surface area contributed by atoms with Crippen LogP contribution >= 0.6 is 0 Å². The first kappa shape index (κ1) is 23.1. The predicted octanol–water partition coefficient (Wildman–Crippen LogP) is 7.32. The van der Waals surface area contributed by atoms with E-state index in [1.165, 1.54) is 55.1 Å². The number of aromatic nitrogens is 1. The van der Waals surface area contributed by atoms with Crippen molar-refractivity contribution in [1.29, 1.82) is 0 Å². The highest BCUT2D eigenvalue weighted by Gasteiger charge is 2.17. The standard InChI is InChI=1S/C30H32N4O/c1-31-27-15-9-13-25(21-27)29-22-30(35-32-29)34(20-10-19-33-17-6-2-3-7-18-33)23-26-14-8-12-24-11-4-5-16-28(24)26/h4-5,8-9,11-16,21-22H,2-3,6-7,10,17-20,23H2. The zero-order chi connectivity index (χ0) is 23.9. The first-order valence-corrected chi connectivity index (χ1v) is 12.7.